The van der Waals surface area contributed by atoms with E-state index in [2.05, 4.69) is 52.7 Å². The van der Waals surface area contributed by atoms with E-state index in [-0.39, 0.29) is 0 Å². The quantitative estimate of drug-likeness (QED) is 0.684. The first-order chi connectivity index (χ1) is 11.2. The highest BCUT2D eigenvalue weighted by molar-refractivity contribution is 6.17. The summed E-state index contributed by atoms with van der Waals surface area (Å²) >= 11 is 6.00. The summed E-state index contributed by atoms with van der Waals surface area (Å²) in [6, 6.07) is 10.6. The maximum Gasteiger partial charge on any atom is 0.178 e. The minimum Gasteiger partial charge on any atom is -0.378 e. The fourth-order valence-corrected chi connectivity index (χ4v) is 2.93. The number of hydrogen-bond donors (Lipinski definition) is 1. The lowest BCUT2D eigenvalue weighted by Gasteiger charge is -2.12. The van der Waals surface area contributed by atoms with Crippen LogP contribution in [0.3, 0.4) is 0 Å². The van der Waals surface area contributed by atoms with Crippen molar-refractivity contribution in [1.82, 2.24) is 14.6 Å². The van der Waals surface area contributed by atoms with Crippen molar-refractivity contribution in [2.45, 2.75) is 39.1 Å². The summed E-state index contributed by atoms with van der Waals surface area (Å²) in [5.41, 5.74) is 5.54. The van der Waals surface area contributed by atoms with Gasteiger partial charge in [-0.1, -0.05) is 37.6 Å². The minimum absolute atomic E-state index is 0.454. The maximum atomic E-state index is 6.00. The van der Waals surface area contributed by atoms with Crippen LogP contribution in [0, 0.1) is 6.92 Å². The Morgan fingerprint density at radius 3 is 2.74 bits per heavy atom. The number of nitrogens with zero attached hydrogens (tertiary/aromatic N) is 3. The standard InChI is InChI=1S/C18H21ClN4/c1-3-6-15-7-4-5-8-16(15)11-20-17-9-14(10-19)12-23-18(17)21-13(2)22-23/h4-5,7-9,12,20H,3,6,10-11H2,1-2H3. The maximum absolute atomic E-state index is 6.00. The first kappa shape index (κ1) is 15.8. The van der Waals surface area contributed by atoms with E-state index in [1.807, 2.05) is 13.1 Å². The summed E-state index contributed by atoms with van der Waals surface area (Å²) in [5, 5.41) is 7.90. The first-order valence-electron chi connectivity index (χ1n) is 7.93. The summed E-state index contributed by atoms with van der Waals surface area (Å²) in [7, 11) is 0. The van der Waals surface area contributed by atoms with Crippen molar-refractivity contribution in [3.63, 3.8) is 0 Å². The monoisotopic (exact) mass is 328 g/mol. The molecule has 0 spiro atoms. The van der Waals surface area contributed by atoms with E-state index < -0.39 is 0 Å². The second-order valence-electron chi connectivity index (χ2n) is 5.70. The van der Waals surface area contributed by atoms with Gasteiger partial charge in [-0.05, 0) is 36.1 Å². The van der Waals surface area contributed by atoms with E-state index >= 15 is 0 Å². The van der Waals surface area contributed by atoms with Gasteiger partial charge >= 0.3 is 0 Å². The molecule has 2 heterocycles. The number of aryl methyl sites for hydroxylation is 2. The Morgan fingerprint density at radius 1 is 1.22 bits per heavy atom. The van der Waals surface area contributed by atoms with Gasteiger partial charge in [0.15, 0.2) is 5.65 Å². The third-order valence-electron chi connectivity index (χ3n) is 3.86. The third-order valence-corrected chi connectivity index (χ3v) is 4.17. The lowest BCUT2D eigenvalue weighted by molar-refractivity contribution is 0.899. The summed E-state index contributed by atoms with van der Waals surface area (Å²) in [6.07, 6.45) is 4.17. The third kappa shape index (κ3) is 3.48. The average Bonchev–Trinajstić information content (AvgIpc) is 2.94. The number of benzene rings is 1. The smallest absolute Gasteiger partial charge is 0.178 e. The number of halogens is 1. The van der Waals surface area contributed by atoms with Gasteiger partial charge in [-0.25, -0.2) is 9.50 Å². The molecule has 23 heavy (non-hydrogen) atoms. The van der Waals surface area contributed by atoms with Crippen LogP contribution in [0.15, 0.2) is 36.5 Å². The molecule has 0 bridgehead atoms. The van der Waals surface area contributed by atoms with Gasteiger partial charge in [-0.2, -0.15) is 5.10 Å². The van der Waals surface area contributed by atoms with E-state index in [0.717, 1.165) is 42.1 Å². The van der Waals surface area contributed by atoms with E-state index in [4.69, 9.17) is 11.6 Å². The summed E-state index contributed by atoms with van der Waals surface area (Å²) in [5.74, 6) is 1.21. The van der Waals surface area contributed by atoms with Crippen LogP contribution >= 0.6 is 11.6 Å². The van der Waals surface area contributed by atoms with E-state index in [9.17, 15) is 0 Å². The summed E-state index contributed by atoms with van der Waals surface area (Å²) in [4.78, 5) is 4.51. The van der Waals surface area contributed by atoms with Crippen LogP contribution in [0.25, 0.3) is 5.65 Å². The average molecular weight is 329 g/mol. The number of rotatable bonds is 6. The molecule has 0 aliphatic heterocycles. The Hall–Kier alpha value is -2.07. The van der Waals surface area contributed by atoms with Crippen LogP contribution in [0.5, 0.6) is 0 Å². The van der Waals surface area contributed by atoms with Crippen LogP contribution in [-0.4, -0.2) is 14.6 Å². The lowest BCUT2D eigenvalue weighted by Crippen LogP contribution is -2.05. The van der Waals surface area contributed by atoms with Gasteiger partial charge in [-0.3, -0.25) is 0 Å². The Labute approximate surface area is 141 Å². The van der Waals surface area contributed by atoms with Crippen molar-refractivity contribution in [2.75, 3.05) is 5.32 Å². The van der Waals surface area contributed by atoms with E-state index in [1.165, 1.54) is 11.1 Å². The van der Waals surface area contributed by atoms with Crippen molar-refractivity contribution in [2.24, 2.45) is 0 Å². The SMILES string of the molecule is CCCc1ccccc1CNc1cc(CCl)cn2nc(C)nc12. The second-order valence-corrected chi connectivity index (χ2v) is 5.96. The predicted molar refractivity (Wildman–Crippen MR) is 95.0 cm³/mol. The molecule has 0 amide bonds. The van der Waals surface area contributed by atoms with Gasteiger partial charge in [0.1, 0.15) is 5.82 Å². The molecule has 3 aromatic rings. The Bertz CT molecular complexity index is 810. The largest absolute Gasteiger partial charge is 0.378 e. The normalized spacial score (nSPS) is 11.1. The van der Waals surface area contributed by atoms with Crippen molar-refractivity contribution in [3.8, 4) is 0 Å². The second kappa shape index (κ2) is 7.01. The number of alkyl halides is 1. The number of anilines is 1. The molecular formula is C18H21ClN4. The molecule has 0 aliphatic rings. The van der Waals surface area contributed by atoms with Gasteiger partial charge < -0.3 is 5.32 Å². The van der Waals surface area contributed by atoms with Gasteiger partial charge in [0.2, 0.25) is 0 Å². The van der Waals surface area contributed by atoms with E-state index in [1.54, 1.807) is 4.52 Å². The zero-order valence-corrected chi connectivity index (χ0v) is 14.3. The van der Waals surface area contributed by atoms with Crippen molar-refractivity contribution >= 4 is 22.9 Å². The lowest BCUT2D eigenvalue weighted by atomic mass is 10.0. The first-order valence-corrected chi connectivity index (χ1v) is 8.47. The molecule has 0 radical (unpaired) electrons. The van der Waals surface area contributed by atoms with Crippen molar-refractivity contribution in [1.29, 1.82) is 0 Å². The number of pyridine rings is 1. The molecule has 0 atom stereocenters. The number of fused-ring (bicyclic) bond motifs is 1. The summed E-state index contributed by atoms with van der Waals surface area (Å²) in [6.45, 7) is 4.87. The van der Waals surface area contributed by atoms with Crippen molar-refractivity contribution < 1.29 is 0 Å². The van der Waals surface area contributed by atoms with Crippen LogP contribution < -0.4 is 5.32 Å². The number of nitrogens with one attached hydrogen (secondary N) is 1. The molecule has 3 rings (SSSR count). The molecule has 0 fully saturated rings. The van der Waals surface area contributed by atoms with Gasteiger partial charge in [-0.15, -0.1) is 11.6 Å². The topological polar surface area (TPSA) is 42.2 Å². The van der Waals surface area contributed by atoms with Crippen LogP contribution in [0.1, 0.15) is 35.9 Å². The molecule has 0 unspecified atom stereocenters. The highest BCUT2D eigenvalue weighted by Crippen LogP contribution is 2.21. The molecule has 0 aliphatic carbocycles. The highest BCUT2D eigenvalue weighted by atomic mass is 35.5. The zero-order valence-electron chi connectivity index (χ0n) is 13.5. The molecule has 1 aromatic carbocycles. The Kier molecular flexibility index (Phi) is 4.82. The molecule has 120 valence electrons. The molecule has 0 saturated heterocycles. The fraction of sp³-hybridized carbons (Fsp3) is 0.333. The molecule has 2 aromatic heterocycles. The molecule has 0 saturated carbocycles. The number of hydrogen-bond acceptors (Lipinski definition) is 3. The minimum atomic E-state index is 0.454. The fourth-order valence-electron chi connectivity index (χ4n) is 2.78. The molecular weight excluding hydrogens is 308 g/mol. The molecule has 5 heteroatoms. The Balaban J connectivity index is 1.90. The van der Waals surface area contributed by atoms with Gasteiger partial charge in [0.05, 0.1) is 5.69 Å². The van der Waals surface area contributed by atoms with Crippen LogP contribution in [0.2, 0.25) is 0 Å². The van der Waals surface area contributed by atoms with E-state index in [0.29, 0.717) is 5.88 Å². The molecule has 4 nitrogen and oxygen atoms in total. The predicted octanol–water partition coefficient (Wildman–Crippen LogP) is 4.34. The Morgan fingerprint density at radius 2 is 2.00 bits per heavy atom. The van der Waals surface area contributed by atoms with Crippen LogP contribution in [-0.2, 0) is 18.8 Å². The van der Waals surface area contributed by atoms with Crippen LogP contribution in [0.4, 0.5) is 5.69 Å². The van der Waals surface area contributed by atoms with Gasteiger partial charge in [0.25, 0.3) is 0 Å². The highest BCUT2D eigenvalue weighted by Gasteiger charge is 2.09. The van der Waals surface area contributed by atoms with Gasteiger partial charge in [0, 0.05) is 18.6 Å². The summed E-state index contributed by atoms with van der Waals surface area (Å²) < 4.78 is 1.80. The zero-order chi connectivity index (χ0) is 16.2. The molecule has 1 N–H and O–H groups in total. The van der Waals surface area contributed by atoms with Crippen molar-refractivity contribution in [3.05, 3.63) is 59.0 Å². The number of aromatic nitrogens is 3.